The SMILES string of the molecule is CNCc1sc(S(=O)(=O)NCc2cccc(C)c2)cc1C. The normalized spacial score (nSPS) is 11.8. The van der Waals surface area contributed by atoms with Gasteiger partial charge in [-0.05, 0) is 38.1 Å². The van der Waals surface area contributed by atoms with Gasteiger partial charge in [0.1, 0.15) is 4.21 Å². The van der Waals surface area contributed by atoms with Gasteiger partial charge in [-0.15, -0.1) is 11.3 Å². The Morgan fingerprint density at radius 2 is 1.90 bits per heavy atom. The first-order valence-electron chi connectivity index (χ1n) is 6.71. The fraction of sp³-hybridized carbons (Fsp3) is 0.333. The lowest BCUT2D eigenvalue weighted by Gasteiger charge is -2.05. The zero-order chi connectivity index (χ0) is 15.5. The van der Waals surface area contributed by atoms with E-state index in [4.69, 9.17) is 0 Å². The summed E-state index contributed by atoms with van der Waals surface area (Å²) in [5.41, 5.74) is 3.09. The van der Waals surface area contributed by atoms with Crippen LogP contribution in [0.5, 0.6) is 0 Å². The van der Waals surface area contributed by atoms with Crippen LogP contribution in [-0.2, 0) is 23.1 Å². The van der Waals surface area contributed by atoms with E-state index in [2.05, 4.69) is 10.0 Å². The van der Waals surface area contributed by atoms with Crippen LogP contribution in [0.2, 0.25) is 0 Å². The van der Waals surface area contributed by atoms with Crippen molar-refractivity contribution in [2.75, 3.05) is 7.05 Å². The molecule has 2 aromatic rings. The predicted molar refractivity (Wildman–Crippen MR) is 87.0 cm³/mol. The second kappa shape index (κ2) is 6.70. The average Bonchev–Trinajstić information content (AvgIpc) is 2.80. The van der Waals surface area contributed by atoms with E-state index < -0.39 is 10.0 Å². The first-order valence-corrected chi connectivity index (χ1v) is 9.01. The number of thiophene rings is 1. The molecule has 0 amide bonds. The fourth-order valence-electron chi connectivity index (χ4n) is 2.03. The molecule has 114 valence electrons. The number of hydrogen-bond acceptors (Lipinski definition) is 4. The lowest BCUT2D eigenvalue weighted by Crippen LogP contribution is -2.22. The molecule has 0 bridgehead atoms. The van der Waals surface area contributed by atoms with Crippen molar-refractivity contribution in [3.05, 3.63) is 51.9 Å². The summed E-state index contributed by atoms with van der Waals surface area (Å²) in [6, 6.07) is 9.55. The Morgan fingerprint density at radius 3 is 2.57 bits per heavy atom. The topological polar surface area (TPSA) is 58.2 Å². The van der Waals surface area contributed by atoms with E-state index in [-0.39, 0.29) is 0 Å². The summed E-state index contributed by atoms with van der Waals surface area (Å²) >= 11 is 1.32. The van der Waals surface area contributed by atoms with Crippen LogP contribution >= 0.6 is 11.3 Å². The highest BCUT2D eigenvalue weighted by Gasteiger charge is 2.18. The van der Waals surface area contributed by atoms with Crippen molar-refractivity contribution in [3.8, 4) is 0 Å². The van der Waals surface area contributed by atoms with Crippen molar-refractivity contribution >= 4 is 21.4 Å². The van der Waals surface area contributed by atoms with Crippen LogP contribution in [-0.4, -0.2) is 15.5 Å². The van der Waals surface area contributed by atoms with E-state index in [1.54, 1.807) is 6.07 Å². The first kappa shape index (κ1) is 16.2. The number of rotatable bonds is 6. The summed E-state index contributed by atoms with van der Waals surface area (Å²) in [7, 11) is -1.60. The summed E-state index contributed by atoms with van der Waals surface area (Å²) in [6.07, 6.45) is 0. The van der Waals surface area contributed by atoms with E-state index in [1.807, 2.05) is 45.2 Å². The van der Waals surface area contributed by atoms with E-state index in [1.165, 1.54) is 11.3 Å². The maximum atomic E-state index is 12.3. The molecule has 0 saturated heterocycles. The van der Waals surface area contributed by atoms with E-state index in [0.717, 1.165) is 21.6 Å². The molecule has 0 radical (unpaired) electrons. The van der Waals surface area contributed by atoms with Crippen molar-refractivity contribution in [3.63, 3.8) is 0 Å². The highest BCUT2D eigenvalue weighted by atomic mass is 32.2. The number of hydrogen-bond donors (Lipinski definition) is 2. The molecule has 1 heterocycles. The summed E-state index contributed by atoms with van der Waals surface area (Å²) < 4.78 is 27.7. The lowest BCUT2D eigenvalue weighted by atomic mass is 10.1. The van der Waals surface area contributed by atoms with Crippen molar-refractivity contribution in [1.29, 1.82) is 0 Å². The molecular weight excluding hydrogens is 304 g/mol. The monoisotopic (exact) mass is 324 g/mol. The second-order valence-electron chi connectivity index (χ2n) is 5.02. The largest absolute Gasteiger partial charge is 0.315 e. The molecule has 0 fully saturated rings. The van der Waals surface area contributed by atoms with Gasteiger partial charge in [-0.3, -0.25) is 0 Å². The minimum absolute atomic E-state index is 0.308. The standard InChI is InChI=1S/C15H20N2O2S2/c1-11-5-4-6-13(7-11)9-17-21(18,19)15-8-12(2)14(20-15)10-16-3/h4-8,16-17H,9-10H2,1-3H3. The summed E-state index contributed by atoms with van der Waals surface area (Å²) in [6.45, 7) is 4.92. The molecule has 2 N–H and O–H groups in total. The van der Waals surface area contributed by atoms with Crippen LogP contribution in [0.15, 0.2) is 34.5 Å². The van der Waals surface area contributed by atoms with Crippen LogP contribution in [0.4, 0.5) is 0 Å². The van der Waals surface area contributed by atoms with Crippen molar-refractivity contribution < 1.29 is 8.42 Å². The van der Waals surface area contributed by atoms with Gasteiger partial charge in [-0.2, -0.15) is 0 Å². The van der Waals surface area contributed by atoms with Crippen LogP contribution in [0.1, 0.15) is 21.6 Å². The third-order valence-electron chi connectivity index (χ3n) is 3.15. The fourth-order valence-corrected chi connectivity index (χ4v) is 4.69. The maximum absolute atomic E-state index is 12.3. The first-order chi connectivity index (χ1) is 9.92. The number of nitrogens with one attached hydrogen (secondary N) is 2. The zero-order valence-electron chi connectivity index (χ0n) is 12.4. The predicted octanol–water partition coefficient (Wildman–Crippen LogP) is 2.56. The van der Waals surface area contributed by atoms with Crippen LogP contribution < -0.4 is 10.0 Å². The Bertz CT molecular complexity index is 721. The van der Waals surface area contributed by atoms with Crippen molar-refractivity contribution in [2.24, 2.45) is 0 Å². The minimum Gasteiger partial charge on any atom is -0.315 e. The second-order valence-corrected chi connectivity index (χ2v) is 8.15. The van der Waals surface area contributed by atoms with Gasteiger partial charge in [-0.25, -0.2) is 13.1 Å². The van der Waals surface area contributed by atoms with Crippen LogP contribution in [0.3, 0.4) is 0 Å². The van der Waals surface area contributed by atoms with Crippen molar-refractivity contribution in [2.45, 2.75) is 31.1 Å². The lowest BCUT2D eigenvalue weighted by molar-refractivity contribution is 0.583. The Balaban J connectivity index is 2.13. The Morgan fingerprint density at radius 1 is 1.14 bits per heavy atom. The van der Waals surface area contributed by atoms with Crippen LogP contribution in [0, 0.1) is 13.8 Å². The highest BCUT2D eigenvalue weighted by Crippen LogP contribution is 2.25. The van der Waals surface area contributed by atoms with Gasteiger partial charge in [0, 0.05) is 18.0 Å². The van der Waals surface area contributed by atoms with Gasteiger partial charge in [0.2, 0.25) is 10.0 Å². The molecule has 1 aromatic heterocycles. The highest BCUT2D eigenvalue weighted by molar-refractivity contribution is 7.91. The molecule has 0 unspecified atom stereocenters. The van der Waals surface area contributed by atoms with Gasteiger partial charge < -0.3 is 5.32 Å². The minimum atomic E-state index is -3.45. The molecule has 0 aliphatic rings. The number of aryl methyl sites for hydroxylation is 2. The van der Waals surface area contributed by atoms with Gasteiger partial charge in [0.05, 0.1) is 0 Å². The Hall–Kier alpha value is -1.21. The van der Waals surface area contributed by atoms with E-state index in [9.17, 15) is 8.42 Å². The zero-order valence-corrected chi connectivity index (χ0v) is 14.1. The molecule has 21 heavy (non-hydrogen) atoms. The third-order valence-corrected chi connectivity index (χ3v) is 6.26. The smallest absolute Gasteiger partial charge is 0.250 e. The van der Waals surface area contributed by atoms with E-state index in [0.29, 0.717) is 17.3 Å². The molecule has 0 aliphatic carbocycles. The molecule has 2 rings (SSSR count). The molecular formula is C15H20N2O2S2. The van der Waals surface area contributed by atoms with Gasteiger partial charge in [-0.1, -0.05) is 29.8 Å². The molecule has 0 aliphatic heterocycles. The maximum Gasteiger partial charge on any atom is 0.250 e. The molecule has 0 spiro atoms. The summed E-state index contributed by atoms with van der Waals surface area (Å²) in [4.78, 5) is 1.05. The molecule has 0 saturated carbocycles. The number of sulfonamides is 1. The quantitative estimate of drug-likeness (QED) is 0.858. The summed E-state index contributed by atoms with van der Waals surface area (Å²) in [5, 5.41) is 3.05. The summed E-state index contributed by atoms with van der Waals surface area (Å²) in [5.74, 6) is 0. The number of benzene rings is 1. The average molecular weight is 324 g/mol. The third kappa shape index (κ3) is 4.14. The Labute approximate surface area is 130 Å². The van der Waals surface area contributed by atoms with Gasteiger partial charge >= 0.3 is 0 Å². The van der Waals surface area contributed by atoms with Gasteiger partial charge in [0.15, 0.2) is 0 Å². The van der Waals surface area contributed by atoms with Crippen molar-refractivity contribution in [1.82, 2.24) is 10.0 Å². The van der Waals surface area contributed by atoms with Gasteiger partial charge in [0.25, 0.3) is 0 Å². The molecule has 4 nitrogen and oxygen atoms in total. The van der Waals surface area contributed by atoms with E-state index >= 15 is 0 Å². The molecule has 1 aromatic carbocycles. The molecule has 6 heteroatoms. The Kier molecular flexibility index (Phi) is 5.16. The van der Waals surface area contributed by atoms with Crippen LogP contribution in [0.25, 0.3) is 0 Å². The molecule has 0 atom stereocenters.